The van der Waals surface area contributed by atoms with Crippen LogP contribution in [0.1, 0.15) is 28.8 Å². The number of hydrogen-bond donors (Lipinski definition) is 1. The van der Waals surface area contributed by atoms with Crippen molar-refractivity contribution < 1.29 is 19.4 Å². The molecule has 1 fully saturated rings. The number of benzene rings is 2. The highest BCUT2D eigenvalue weighted by Crippen LogP contribution is 2.29. The molecule has 0 bridgehead atoms. The smallest absolute Gasteiger partial charge is 0.195 e. The molecule has 2 aromatic carbocycles. The van der Waals surface area contributed by atoms with Gasteiger partial charge in [0, 0.05) is 48.0 Å². The van der Waals surface area contributed by atoms with Gasteiger partial charge in [-0.25, -0.2) is 0 Å². The summed E-state index contributed by atoms with van der Waals surface area (Å²) in [6.07, 6.45) is 3.98. The Balaban J connectivity index is 1.72. The first-order valence-corrected chi connectivity index (χ1v) is 9.24. The summed E-state index contributed by atoms with van der Waals surface area (Å²) in [7, 11) is 1.60. The Bertz CT molecular complexity index is 952. The Labute approximate surface area is 158 Å². The highest BCUT2D eigenvalue weighted by atomic mass is 16.5. The molecule has 27 heavy (non-hydrogen) atoms. The van der Waals surface area contributed by atoms with Crippen molar-refractivity contribution >= 4 is 16.7 Å². The van der Waals surface area contributed by atoms with Crippen LogP contribution in [0.5, 0.6) is 11.5 Å². The maximum Gasteiger partial charge on any atom is 0.195 e. The second kappa shape index (κ2) is 7.45. The van der Waals surface area contributed by atoms with Crippen LogP contribution in [0.3, 0.4) is 0 Å². The number of hydrogen-bond acceptors (Lipinski definition) is 4. The number of phenolic OH excluding ortho intramolecular Hbond substituents is 1. The van der Waals surface area contributed by atoms with Gasteiger partial charge in [0.15, 0.2) is 5.78 Å². The summed E-state index contributed by atoms with van der Waals surface area (Å²) in [5.74, 6) is 1.35. The van der Waals surface area contributed by atoms with Crippen LogP contribution in [0.15, 0.2) is 48.7 Å². The minimum Gasteiger partial charge on any atom is -0.508 e. The average Bonchev–Trinajstić information content (AvgIpc) is 3.05. The summed E-state index contributed by atoms with van der Waals surface area (Å²) in [6, 6.07) is 12.3. The molecule has 4 rings (SSSR count). The number of nitrogens with zero attached hydrogens (tertiary/aromatic N) is 1. The molecule has 0 radical (unpaired) electrons. The number of carbonyl (C=O) groups excluding carboxylic acids is 1. The zero-order valence-electron chi connectivity index (χ0n) is 15.4. The van der Waals surface area contributed by atoms with Crippen LogP contribution in [0, 0.1) is 5.92 Å². The van der Waals surface area contributed by atoms with E-state index in [0.29, 0.717) is 22.8 Å². The van der Waals surface area contributed by atoms with Crippen molar-refractivity contribution in [3.63, 3.8) is 0 Å². The van der Waals surface area contributed by atoms with E-state index < -0.39 is 0 Å². The third-order valence-corrected chi connectivity index (χ3v) is 5.26. The van der Waals surface area contributed by atoms with Crippen molar-refractivity contribution in [3.8, 4) is 11.5 Å². The molecule has 0 atom stereocenters. The molecule has 0 unspecified atom stereocenters. The standard InChI is InChI=1S/C22H23NO4/c1-26-18-5-2-16(3-6-18)22(25)20-14-23(13-15-8-10-27-11-9-15)21-7-4-17(24)12-19(20)21/h2-7,12,14-15,24H,8-11,13H2,1H3. The van der Waals surface area contributed by atoms with E-state index in [0.717, 1.165) is 43.5 Å². The summed E-state index contributed by atoms with van der Waals surface area (Å²) < 4.78 is 12.8. The number of ketones is 1. The fraction of sp³-hybridized carbons (Fsp3) is 0.318. The lowest BCUT2D eigenvalue weighted by Crippen LogP contribution is -2.20. The first-order valence-electron chi connectivity index (χ1n) is 9.24. The number of ether oxygens (including phenoxy) is 2. The number of phenols is 1. The van der Waals surface area contributed by atoms with Crippen molar-refractivity contribution in [2.75, 3.05) is 20.3 Å². The fourth-order valence-corrected chi connectivity index (χ4v) is 3.72. The molecule has 0 aliphatic carbocycles. The number of methoxy groups -OCH3 is 1. The van der Waals surface area contributed by atoms with Gasteiger partial charge in [-0.05, 0) is 61.2 Å². The SMILES string of the molecule is COc1ccc(C(=O)c2cn(CC3CCOCC3)c3ccc(O)cc23)cc1. The molecule has 3 aromatic rings. The van der Waals surface area contributed by atoms with Crippen LogP contribution in [0.4, 0.5) is 0 Å². The Hall–Kier alpha value is -2.79. The first-order chi connectivity index (χ1) is 13.2. The highest BCUT2D eigenvalue weighted by molar-refractivity contribution is 6.16. The molecule has 2 heterocycles. The average molecular weight is 365 g/mol. The normalized spacial score (nSPS) is 15.1. The quantitative estimate of drug-likeness (QED) is 0.694. The van der Waals surface area contributed by atoms with E-state index in [-0.39, 0.29) is 11.5 Å². The van der Waals surface area contributed by atoms with Gasteiger partial charge in [0.2, 0.25) is 0 Å². The molecule has 0 spiro atoms. The molecule has 1 saturated heterocycles. The molecule has 1 N–H and O–H groups in total. The van der Waals surface area contributed by atoms with E-state index >= 15 is 0 Å². The largest absolute Gasteiger partial charge is 0.508 e. The maximum atomic E-state index is 13.1. The predicted molar refractivity (Wildman–Crippen MR) is 104 cm³/mol. The van der Waals surface area contributed by atoms with Crippen LogP contribution >= 0.6 is 0 Å². The number of carbonyl (C=O) groups is 1. The molecule has 0 amide bonds. The summed E-state index contributed by atoms with van der Waals surface area (Å²) in [4.78, 5) is 13.1. The van der Waals surface area contributed by atoms with Gasteiger partial charge in [-0.1, -0.05) is 0 Å². The van der Waals surface area contributed by atoms with Gasteiger partial charge in [0.05, 0.1) is 7.11 Å². The number of aromatic nitrogens is 1. The van der Waals surface area contributed by atoms with Gasteiger partial charge in [-0.2, -0.15) is 0 Å². The van der Waals surface area contributed by atoms with Crippen LogP contribution in [0.25, 0.3) is 10.9 Å². The first kappa shape index (κ1) is 17.6. The second-order valence-corrected chi connectivity index (χ2v) is 7.01. The van der Waals surface area contributed by atoms with Crippen LogP contribution < -0.4 is 4.74 Å². The molecule has 1 aliphatic rings. The third-order valence-electron chi connectivity index (χ3n) is 5.26. The van der Waals surface area contributed by atoms with Gasteiger partial charge >= 0.3 is 0 Å². The van der Waals surface area contributed by atoms with Gasteiger partial charge in [0.1, 0.15) is 11.5 Å². The lowest BCUT2D eigenvalue weighted by atomic mass is 10.0. The minimum absolute atomic E-state index is 0.0565. The van der Waals surface area contributed by atoms with Gasteiger partial charge in [-0.3, -0.25) is 4.79 Å². The van der Waals surface area contributed by atoms with Crippen molar-refractivity contribution in [2.45, 2.75) is 19.4 Å². The zero-order chi connectivity index (χ0) is 18.8. The molecular formula is C22H23NO4. The number of rotatable bonds is 5. The molecule has 0 saturated carbocycles. The van der Waals surface area contributed by atoms with E-state index in [4.69, 9.17) is 9.47 Å². The van der Waals surface area contributed by atoms with Crippen LogP contribution in [-0.4, -0.2) is 35.8 Å². The molecule has 5 heteroatoms. The van der Waals surface area contributed by atoms with E-state index in [2.05, 4.69) is 4.57 Å². The molecule has 5 nitrogen and oxygen atoms in total. The number of aromatic hydroxyl groups is 1. The monoisotopic (exact) mass is 365 g/mol. The van der Waals surface area contributed by atoms with Crippen molar-refractivity contribution in [1.29, 1.82) is 0 Å². The van der Waals surface area contributed by atoms with Gasteiger partial charge < -0.3 is 19.1 Å². The lowest BCUT2D eigenvalue weighted by molar-refractivity contribution is 0.0616. The maximum absolute atomic E-state index is 13.1. The molecular weight excluding hydrogens is 342 g/mol. The van der Waals surface area contributed by atoms with Crippen LogP contribution in [-0.2, 0) is 11.3 Å². The van der Waals surface area contributed by atoms with Crippen molar-refractivity contribution in [1.82, 2.24) is 4.57 Å². The van der Waals surface area contributed by atoms with E-state index in [1.807, 2.05) is 12.3 Å². The van der Waals surface area contributed by atoms with Crippen molar-refractivity contribution in [2.24, 2.45) is 5.92 Å². The number of fused-ring (bicyclic) bond motifs is 1. The van der Waals surface area contributed by atoms with E-state index in [1.165, 1.54) is 0 Å². The Morgan fingerprint density at radius 1 is 1.19 bits per heavy atom. The zero-order valence-corrected chi connectivity index (χ0v) is 15.4. The van der Waals surface area contributed by atoms with Gasteiger partial charge in [-0.15, -0.1) is 0 Å². The minimum atomic E-state index is -0.0565. The highest BCUT2D eigenvalue weighted by Gasteiger charge is 2.20. The topological polar surface area (TPSA) is 60.7 Å². The second-order valence-electron chi connectivity index (χ2n) is 7.01. The summed E-state index contributed by atoms with van der Waals surface area (Å²) in [6.45, 7) is 2.44. The Morgan fingerprint density at radius 2 is 1.93 bits per heavy atom. The summed E-state index contributed by atoms with van der Waals surface area (Å²) in [5, 5.41) is 10.7. The fourth-order valence-electron chi connectivity index (χ4n) is 3.72. The molecule has 1 aromatic heterocycles. The molecule has 140 valence electrons. The predicted octanol–water partition coefficient (Wildman–Crippen LogP) is 4.01. The van der Waals surface area contributed by atoms with Crippen LogP contribution in [0.2, 0.25) is 0 Å². The van der Waals surface area contributed by atoms with E-state index in [1.54, 1.807) is 43.5 Å². The van der Waals surface area contributed by atoms with Gasteiger partial charge in [0.25, 0.3) is 0 Å². The Kier molecular flexibility index (Phi) is 4.86. The Morgan fingerprint density at radius 3 is 2.63 bits per heavy atom. The van der Waals surface area contributed by atoms with Crippen molar-refractivity contribution in [3.05, 3.63) is 59.8 Å². The summed E-state index contributed by atoms with van der Waals surface area (Å²) in [5.41, 5.74) is 2.18. The molecule has 1 aliphatic heterocycles. The third kappa shape index (κ3) is 3.55. The van der Waals surface area contributed by atoms with E-state index in [9.17, 15) is 9.90 Å². The lowest BCUT2D eigenvalue weighted by Gasteiger charge is -2.22. The summed E-state index contributed by atoms with van der Waals surface area (Å²) >= 11 is 0.